The summed E-state index contributed by atoms with van der Waals surface area (Å²) in [5.74, 6) is -5.24. The van der Waals surface area contributed by atoms with Crippen LogP contribution in [0.15, 0.2) is 0 Å². The highest BCUT2D eigenvalue weighted by Crippen LogP contribution is 2.22. The van der Waals surface area contributed by atoms with Gasteiger partial charge >= 0.3 is 12.3 Å². The highest BCUT2D eigenvalue weighted by atomic mass is 19.3. The zero-order valence-electron chi connectivity index (χ0n) is 10.4. The van der Waals surface area contributed by atoms with Crippen molar-refractivity contribution in [3.05, 3.63) is 11.4 Å². The lowest BCUT2D eigenvalue weighted by atomic mass is 10.2. The topological polar surface area (TPSA) is 72.9 Å². The Kier molecular flexibility index (Phi) is 4.38. The fourth-order valence-corrected chi connectivity index (χ4v) is 1.42. The average molecular weight is 282 g/mol. The van der Waals surface area contributed by atoms with Gasteiger partial charge in [0.25, 0.3) is 5.91 Å². The molecule has 1 amide bonds. The Balaban J connectivity index is 2.85. The molecule has 1 aromatic rings. The monoisotopic (exact) mass is 282 g/mol. The van der Waals surface area contributed by atoms with Gasteiger partial charge in [0.05, 0.1) is 17.9 Å². The first kappa shape index (κ1) is 15.3. The van der Waals surface area contributed by atoms with Crippen LogP contribution in [-0.4, -0.2) is 34.6 Å². The van der Waals surface area contributed by atoms with Crippen LogP contribution in [0.25, 0.3) is 0 Å². The van der Waals surface area contributed by atoms with E-state index in [2.05, 4.69) is 5.10 Å². The van der Waals surface area contributed by atoms with Crippen LogP contribution < -0.4 is 11.1 Å². The van der Waals surface area contributed by atoms with Crippen LogP contribution in [0.3, 0.4) is 0 Å². The molecule has 0 saturated heterocycles. The van der Waals surface area contributed by atoms with Gasteiger partial charge in [-0.05, 0) is 13.8 Å². The quantitative estimate of drug-likeness (QED) is 0.802. The molecule has 0 aromatic carbocycles. The summed E-state index contributed by atoms with van der Waals surface area (Å²) in [6.45, 7) is 2.06. The summed E-state index contributed by atoms with van der Waals surface area (Å²) in [6.07, 6.45) is -3.84. The van der Waals surface area contributed by atoms with Gasteiger partial charge in [0.15, 0.2) is 0 Å². The molecule has 0 saturated carbocycles. The zero-order chi connectivity index (χ0) is 14.8. The van der Waals surface area contributed by atoms with E-state index in [9.17, 15) is 22.4 Å². The lowest BCUT2D eigenvalue weighted by molar-refractivity contribution is -0.123. The third kappa shape index (κ3) is 3.15. The van der Waals surface area contributed by atoms with Crippen molar-refractivity contribution in [3.63, 3.8) is 0 Å². The molecule has 1 aromatic heterocycles. The lowest BCUT2D eigenvalue weighted by Gasteiger charge is -2.16. The Labute approximate surface area is 106 Å². The number of alkyl halides is 4. The van der Waals surface area contributed by atoms with Crippen LogP contribution >= 0.6 is 0 Å². The molecule has 0 aliphatic carbocycles. The number of carbonyl (C=O) groups is 1. The van der Waals surface area contributed by atoms with Crippen LogP contribution in [0, 0.1) is 6.92 Å². The fraction of sp³-hybridized carbons (Fsp3) is 0.600. The molecule has 9 heteroatoms. The summed E-state index contributed by atoms with van der Waals surface area (Å²) in [5, 5.41) is 5.66. The van der Waals surface area contributed by atoms with E-state index in [1.54, 1.807) is 19.2 Å². The molecule has 1 rings (SSSR count). The van der Waals surface area contributed by atoms with Crippen molar-refractivity contribution < 1.29 is 22.4 Å². The number of nitrogens with one attached hydrogen (secondary N) is 1. The average Bonchev–Trinajstić information content (AvgIpc) is 2.62. The Hall–Kier alpha value is -1.80. The van der Waals surface area contributed by atoms with Crippen molar-refractivity contribution in [2.75, 3.05) is 12.3 Å². The number of rotatable bonds is 5. The maximum absolute atomic E-state index is 12.7. The van der Waals surface area contributed by atoms with E-state index in [-0.39, 0.29) is 11.4 Å². The van der Waals surface area contributed by atoms with E-state index in [0.717, 1.165) is 0 Å². The summed E-state index contributed by atoms with van der Waals surface area (Å²) in [4.78, 5) is 11.7. The van der Waals surface area contributed by atoms with Gasteiger partial charge in [0.2, 0.25) is 0 Å². The van der Waals surface area contributed by atoms with Gasteiger partial charge in [-0.15, -0.1) is 0 Å². The molecular formula is C10H14F4N4O. The maximum Gasteiger partial charge on any atom is 0.324 e. The highest BCUT2D eigenvalue weighted by Gasteiger charge is 2.41. The molecular weight excluding hydrogens is 268 g/mol. The number of nitrogen functional groups attached to an aromatic ring is 1. The van der Waals surface area contributed by atoms with E-state index in [0.29, 0.717) is 12.2 Å². The molecule has 0 aliphatic heterocycles. The number of anilines is 1. The van der Waals surface area contributed by atoms with Gasteiger partial charge in [-0.1, -0.05) is 0 Å². The van der Waals surface area contributed by atoms with E-state index in [4.69, 9.17) is 5.73 Å². The van der Waals surface area contributed by atoms with Crippen LogP contribution in [0.2, 0.25) is 0 Å². The van der Waals surface area contributed by atoms with Crippen LogP contribution in [0.5, 0.6) is 0 Å². The molecule has 0 radical (unpaired) electrons. The Bertz CT molecular complexity index is 472. The molecule has 0 fully saturated rings. The number of amides is 1. The molecule has 0 aliphatic rings. The van der Waals surface area contributed by atoms with Gasteiger partial charge in [-0.2, -0.15) is 13.9 Å². The first-order valence-corrected chi connectivity index (χ1v) is 5.47. The molecule has 0 bridgehead atoms. The van der Waals surface area contributed by atoms with E-state index >= 15 is 0 Å². The minimum atomic E-state index is -4.28. The van der Waals surface area contributed by atoms with Gasteiger partial charge in [0, 0.05) is 6.54 Å². The highest BCUT2D eigenvalue weighted by molar-refractivity contribution is 5.98. The number of aromatic nitrogens is 2. The number of hydrogen-bond donors (Lipinski definition) is 2. The molecule has 0 spiro atoms. The summed E-state index contributed by atoms with van der Waals surface area (Å²) in [6, 6.07) is 0. The SMILES string of the molecule is CCn1nc(C)c(N)c1C(=O)NCC(F)(F)C(F)F. The summed E-state index contributed by atoms with van der Waals surface area (Å²) in [5.41, 5.74) is 5.90. The number of nitrogens with two attached hydrogens (primary N) is 1. The van der Waals surface area contributed by atoms with Gasteiger partial charge in [-0.3, -0.25) is 9.48 Å². The first-order valence-electron chi connectivity index (χ1n) is 5.47. The van der Waals surface area contributed by atoms with E-state index < -0.39 is 24.8 Å². The van der Waals surface area contributed by atoms with Gasteiger partial charge in [0.1, 0.15) is 5.69 Å². The van der Waals surface area contributed by atoms with Crippen molar-refractivity contribution in [2.45, 2.75) is 32.7 Å². The van der Waals surface area contributed by atoms with Crippen molar-refractivity contribution in [2.24, 2.45) is 0 Å². The third-order valence-corrected chi connectivity index (χ3v) is 2.49. The van der Waals surface area contributed by atoms with Crippen LogP contribution in [0.4, 0.5) is 23.2 Å². The molecule has 0 atom stereocenters. The smallest absolute Gasteiger partial charge is 0.324 e. The molecule has 1 heterocycles. The number of nitrogens with zero attached hydrogens (tertiary/aromatic N) is 2. The fourth-order valence-electron chi connectivity index (χ4n) is 1.42. The van der Waals surface area contributed by atoms with Crippen molar-refractivity contribution in [1.82, 2.24) is 15.1 Å². The van der Waals surface area contributed by atoms with Crippen molar-refractivity contribution >= 4 is 11.6 Å². The molecule has 5 nitrogen and oxygen atoms in total. The predicted molar refractivity (Wildman–Crippen MR) is 60.3 cm³/mol. The Morgan fingerprint density at radius 2 is 2.11 bits per heavy atom. The molecule has 19 heavy (non-hydrogen) atoms. The maximum atomic E-state index is 12.7. The van der Waals surface area contributed by atoms with Crippen LogP contribution in [-0.2, 0) is 6.54 Å². The second kappa shape index (κ2) is 5.45. The van der Waals surface area contributed by atoms with Crippen molar-refractivity contribution in [3.8, 4) is 0 Å². The third-order valence-electron chi connectivity index (χ3n) is 2.49. The summed E-state index contributed by atoms with van der Waals surface area (Å²) < 4.78 is 50.5. The van der Waals surface area contributed by atoms with Gasteiger partial charge < -0.3 is 11.1 Å². The standard InChI is InChI=1S/C10H14F4N4O/c1-3-18-7(6(15)5(2)17-18)8(19)16-4-10(13,14)9(11)12/h9H,3-4,15H2,1-2H3,(H,16,19). The normalized spacial score (nSPS) is 11.9. The summed E-state index contributed by atoms with van der Waals surface area (Å²) in [7, 11) is 0. The summed E-state index contributed by atoms with van der Waals surface area (Å²) >= 11 is 0. The van der Waals surface area contributed by atoms with Crippen LogP contribution in [0.1, 0.15) is 23.1 Å². The molecule has 108 valence electrons. The number of halogens is 4. The van der Waals surface area contributed by atoms with Crippen molar-refractivity contribution in [1.29, 1.82) is 0 Å². The minimum absolute atomic E-state index is 0.0414. The first-order chi connectivity index (χ1) is 8.70. The lowest BCUT2D eigenvalue weighted by Crippen LogP contribution is -2.42. The number of carbonyl (C=O) groups excluding carboxylic acids is 1. The predicted octanol–water partition coefficient (Wildman–Crippen LogP) is 1.42. The zero-order valence-corrected chi connectivity index (χ0v) is 10.4. The van der Waals surface area contributed by atoms with E-state index in [1.807, 2.05) is 0 Å². The van der Waals surface area contributed by atoms with Gasteiger partial charge in [-0.25, -0.2) is 8.78 Å². The molecule has 0 unspecified atom stereocenters. The van der Waals surface area contributed by atoms with E-state index in [1.165, 1.54) is 4.68 Å². The Morgan fingerprint density at radius 1 is 1.53 bits per heavy atom. The molecule has 3 N–H and O–H groups in total. The second-order valence-electron chi connectivity index (χ2n) is 3.91. The second-order valence-corrected chi connectivity index (χ2v) is 3.91. The largest absolute Gasteiger partial charge is 0.395 e. The number of hydrogen-bond acceptors (Lipinski definition) is 3. The Morgan fingerprint density at radius 3 is 2.58 bits per heavy atom. The minimum Gasteiger partial charge on any atom is -0.395 e. The number of aryl methyl sites for hydroxylation is 2.